The van der Waals surface area contributed by atoms with Gasteiger partial charge in [0.15, 0.2) is 0 Å². The number of carbonyl (C=O) groups is 4. The van der Waals surface area contributed by atoms with Crippen molar-refractivity contribution in [1.82, 2.24) is 15.5 Å². The summed E-state index contributed by atoms with van der Waals surface area (Å²) < 4.78 is 0. The third-order valence-electron chi connectivity index (χ3n) is 6.26. The number of fused-ring (bicyclic) bond motifs is 1. The predicted molar refractivity (Wildman–Crippen MR) is 104 cm³/mol. The van der Waals surface area contributed by atoms with Crippen molar-refractivity contribution in [3.8, 4) is 0 Å². The molecule has 1 saturated heterocycles. The second-order valence-electron chi connectivity index (χ2n) is 8.24. The van der Waals surface area contributed by atoms with Gasteiger partial charge in [-0.05, 0) is 42.9 Å². The van der Waals surface area contributed by atoms with E-state index in [1.807, 2.05) is 18.2 Å². The fourth-order valence-electron chi connectivity index (χ4n) is 4.63. The Morgan fingerprint density at radius 3 is 2.79 bits per heavy atom. The van der Waals surface area contributed by atoms with E-state index >= 15 is 0 Å². The Morgan fingerprint density at radius 2 is 2.03 bits per heavy atom. The number of hydrogen-bond donors (Lipinski definition) is 3. The van der Waals surface area contributed by atoms with Gasteiger partial charge in [0, 0.05) is 37.0 Å². The summed E-state index contributed by atoms with van der Waals surface area (Å²) in [5, 5.41) is 5.82. The molecule has 1 unspecified atom stereocenters. The summed E-state index contributed by atoms with van der Waals surface area (Å²) in [7, 11) is 0. The molecule has 8 nitrogen and oxygen atoms in total. The monoisotopic (exact) mass is 398 g/mol. The molecule has 1 saturated carbocycles. The van der Waals surface area contributed by atoms with Crippen molar-refractivity contribution >= 4 is 23.6 Å². The van der Waals surface area contributed by atoms with Gasteiger partial charge < -0.3 is 16.0 Å². The molecular formula is C21H26N4O4. The molecule has 0 spiro atoms. The summed E-state index contributed by atoms with van der Waals surface area (Å²) in [5.74, 6) is -1.12. The Bertz CT molecular complexity index is 868. The Labute approximate surface area is 169 Å². The smallest absolute Gasteiger partial charge is 0.255 e. The molecule has 2 fully saturated rings. The number of carbonyl (C=O) groups excluding carboxylic acids is 4. The molecule has 3 atom stereocenters. The molecule has 8 heteroatoms. The number of benzene rings is 1. The topological polar surface area (TPSA) is 122 Å². The SMILES string of the molecule is NC(=O)[C@@H]1CCC[C@H](NCc2ccc3c(c2)CN(C2CCC(=O)NC2=O)C3=O)C1. The lowest BCUT2D eigenvalue weighted by Crippen LogP contribution is -2.52. The number of nitrogens with zero attached hydrogens (tertiary/aromatic N) is 1. The van der Waals surface area contributed by atoms with Crippen LogP contribution in [0.4, 0.5) is 0 Å². The van der Waals surface area contributed by atoms with Crippen LogP contribution in [0.3, 0.4) is 0 Å². The van der Waals surface area contributed by atoms with Crippen LogP contribution in [0.15, 0.2) is 18.2 Å². The van der Waals surface area contributed by atoms with Crippen LogP contribution in [0.25, 0.3) is 0 Å². The van der Waals surface area contributed by atoms with Crippen molar-refractivity contribution in [1.29, 1.82) is 0 Å². The van der Waals surface area contributed by atoms with Crippen LogP contribution in [0, 0.1) is 5.92 Å². The second-order valence-corrected chi connectivity index (χ2v) is 8.24. The number of nitrogens with one attached hydrogen (secondary N) is 2. The minimum absolute atomic E-state index is 0.0547. The number of nitrogens with two attached hydrogens (primary N) is 1. The maximum atomic E-state index is 12.7. The van der Waals surface area contributed by atoms with Crippen molar-refractivity contribution in [2.24, 2.45) is 11.7 Å². The van der Waals surface area contributed by atoms with Crippen LogP contribution in [0.2, 0.25) is 0 Å². The maximum absolute atomic E-state index is 12.7. The quantitative estimate of drug-likeness (QED) is 0.627. The van der Waals surface area contributed by atoms with Crippen LogP contribution >= 0.6 is 0 Å². The Kier molecular flexibility index (Phi) is 5.36. The molecule has 2 aliphatic heterocycles. The number of imide groups is 1. The summed E-state index contributed by atoms with van der Waals surface area (Å²) in [4.78, 5) is 49.3. The van der Waals surface area contributed by atoms with Crippen LogP contribution < -0.4 is 16.4 Å². The van der Waals surface area contributed by atoms with E-state index in [1.165, 1.54) is 0 Å². The first-order valence-electron chi connectivity index (χ1n) is 10.2. The first-order chi connectivity index (χ1) is 13.9. The standard InChI is InChI=1S/C21H26N4O4/c22-19(27)13-2-1-3-15(9-13)23-10-12-4-5-16-14(8-12)11-25(21(16)29)17-6-7-18(26)24-20(17)28/h4-5,8,13,15,17,23H,1-3,6-7,9-11H2,(H2,22,27)(H,24,26,28)/t13-,15+,17?/m1/s1. The van der Waals surface area contributed by atoms with E-state index in [-0.39, 0.29) is 36.1 Å². The van der Waals surface area contributed by atoms with Crippen molar-refractivity contribution in [2.45, 2.75) is 63.7 Å². The highest BCUT2D eigenvalue weighted by Gasteiger charge is 2.39. The summed E-state index contributed by atoms with van der Waals surface area (Å²) in [6.07, 6.45) is 4.26. The summed E-state index contributed by atoms with van der Waals surface area (Å²) in [6, 6.07) is 5.40. The number of primary amides is 1. The van der Waals surface area contributed by atoms with Gasteiger partial charge >= 0.3 is 0 Å². The summed E-state index contributed by atoms with van der Waals surface area (Å²) in [5.41, 5.74) is 8.03. The van der Waals surface area contributed by atoms with Crippen LogP contribution in [-0.2, 0) is 27.5 Å². The molecule has 4 rings (SSSR count). The lowest BCUT2D eigenvalue weighted by Gasteiger charge is -2.29. The number of piperidine rings is 1. The molecule has 4 N–H and O–H groups in total. The highest BCUT2D eigenvalue weighted by molar-refractivity contribution is 6.05. The van der Waals surface area contributed by atoms with E-state index in [1.54, 1.807) is 4.90 Å². The molecular weight excluding hydrogens is 372 g/mol. The van der Waals surface area contributed by atoms with E-state index in [4.69, 9.17) is 5.73 Å². The number of amides is 4. The zero-order chi connectivity index (χ0) is 20.5. The van der Waals surface area contributed by atoms with Crippen LogP contribution in [0.1, 0.15) is 60.0 Å². The molecule has 1 aliphatic carbocycles. The van der Waals surface area contributed by atoms with Crippen LogP contribution in [-0.4, -0.2) is 40.6 Å². The highest BCUT2D eigenvalue weighted by Crippen LogP contribution is 2.29. The lowest BCUT2D eigenvalue weighted by atomic mass is 9.85. The second kappa shape index (κ2) is 7.94. The van der Waals surface area contributed by atoms with E-state index in [2.05, 4.69) is 10.6 Å². The molecule has 0 bridgehead atoms. The molecule has 2 heterocycles. The van der Waals surface area contributed by atoms with Crippen molar-refractivity contribution < 1.29 is 19.2 Å². The van der Waals surface area contributed by atoms with E-state index in [0.717, 1.165) is 36.8 Å². The van der Waals surface area contributed by atoms with E-state index in [9.17, 15) is 19.2 Å². The highest BCUT2D eigenvalue weighted by atomic mass is 16.2. The van der Waals surface area contributed by atoms with E-state index in [0.29, 0.717) is 25.1 Å². The molecule has 4 amide bonds. The minimum Gasteiger partial charge on any atom is -0.369 e. The number of hydrogen-bond acceptors (Lipinski definition) is 5. The summed E-state index contributed by atoms with van der Waals surface area (Å²) in [6.45, 7) is 1.03. The lowest BCUT2D eigenvalue weighted by molar-refractivity contribution is -0.137. The average molecular weight is 398 g/mol. The van der Waals surface area contributed by atoms with Crippen molar-refractivity contribution in [3.05, 3.63) is 34.9 Å². The van der Waals surface area contributed by atoms with Gasteiger partial charge in [0.05, 0.1) is 0 Å². The molecule has 0 radical (unpaired) electrons. The van der Waals surface area contributed by atoms with Gasteiger partial charge in [-0.2, -0.15) is 0 Å². The minimum atomic E-state index is -0.595. The molecule has 3 aliphatic rings. The molecule has 1 aromatic carbocycles. The fraction of sp³-hybridized carbons (Fsp3) is 0.524. The molecule has 29 heavy (non-hydrogen) atoms. The molecule has 0 aromatic heterocycles. The predicted octanol–water partition coefficient (Wildman–Crippen LogP) is 0.581. The Hall–Kier alpha value is -2.74. The van der Waals surface area contributed by atoms with Gasteiger partial charge in [-0.25, -0.2) is 0 Å². The number of rotatable bonds is 5. The summed E-state index contributed by atoms with van der Waals surface area (Å²) >= 11 is 0. The van der Waals surface area contributed by atoms with Crippen molar-refractivity contribution in [3.63, 3.8) is 0 Å². The maximum Gasteiger partial charge on any atom is 0.255 e. The van der Waals surface area contributed by atoms with Gasteiger partial charge in [0.1, 0.15) is 6.04 Å². The molecule has 1 aromatic rings. The van der Waals surface area contributed by atoms with Gasteiger partial charge in [-0.3, -0.25) is 24.5 Å². The zero-order valence-corrected chi connectivity index (χ0v) is 16.3. The van der Waals surface area contributed by atoms with Crippen molar-refractivity contribution in [2.75, 3.05) is 0 Å². The first kappa shape index (κ1) is 19.6. The van der Waals surface area contributed by atoms with Gasteiger partial charge in [0.25, 0.3) is 5.91 Å². The van der Waals surface area contributed by atoms with Crippen LogP contribution in [0.5, 0.6) is 0 Å². The van der Waals surface area contributed by atoms with Gasteiger partial charge in [0.2, 0.25) is 17.7 Å². The normalized spacial score (nSPS) is 27.0. The van der Waals surface area contributed by atoms with Gasteiger partial charge in [-0.1, -0.05) is 18.6 Å². The largest absolute Gasteiger partial charge is 0.369 e. The fourth-order valence-corrected chi connectivity index (χ4v) is 4.63. The Morgan fingerprint density at radius 1 is 1.21 bits per heavy atom. The average Bonchev–Trinajstić information content (AvgIpc) is 3.02. The Balaban J connectivity index is 1.39. The van der Waals surface area contributed by atoms with E-state index < -0.39 is 11.9 Å². The van der Waals surface area contributed by atoms with Gasteiger partial charge in [-0.15, -0.1) is 0 Å². The third-order valence-corrected chi connectivity index (χ3v) is 6.26. The first-order valence-corrected chi connectivity index (χ1v) is 10.2. The third kappa shape index (κ3) is 4.03. The zero-order valence-electron chi connectivity index (χ0n) is 16.3. The molecule has 154 valence electrons.